The lowest BCUT2D eigenvalue weighted by Crippen LogP contribution is -2.31. The van der Waals surface area contributed by atoms with Crippen LogP contribution in [0.3, 0.4) is 0 Å². The maximum absolute atomic E-state index is 12.4. The van der Waals surface area contributed by atoms with E-state index < -0.39 is 42.0 Å². The Morgan fingerprint density at radius 1 is 0.762 bits per heavy atom. The molecule has 2 atom stereocenters. The number of halogens is 4. The minimum absolute atomic E-state index is 0.00253. The fourth-order valence-electron chi connectivity index (χ4n) is 1.71. The van der Waals surface area contributed by atoms with Crippen LogP contribution in [0.4, 0.5) is 0 Å². The Morgan fingerprint density at radius 2 is 1.10 bits per heavy atom. The van der Waals surface area contributed by atoms with Gasteiger partial charge in [-0.25, -0.2) is 8.42 Å². The third-order valence-electron chi connectivity index (χ3n) is 2.80. The van der Waals surface area contributed by atoms with Gasteiger partial charge < -0.3 is 0 Å². The summed E-state index contributed by atoms with van der Waals surface area (Å²) in [6.07, 6.45) is 4.41. The highest BCUT2D eigenvalue weighted by Gasteiger charge is 2.40. The largest absolute Gasteiger partial charge is 0.291 e. The molecule has 0 saturated heterocycles. The van der Waals surface area contributed by atoms with Crippen LogP contribution in [0.2, 0.25) is 0 Å². The van der Waals surface area contributed by atoms with E-state index in [0.29, 0.717) is 0 Å². The van der Waals surface area contributed by atoms with Crippen LogP contribution in [-0.4, -0.2) is 30.7 Å². The van der Waals surface area contributed by atoms with Crippen molar-refractivity contribution in [1.29, 1.82) is 0 Å². The molecule has 2 rings (SSSR count). The van der Waals surface area contributed by atoms with Gasteiger partial charge in [-0.2, -0.15) is 0 Å². The van der Waals surface area contributed by atoms with Crippen LogP contribution in [0.15, 0.2) is 44.2 Å². The first-order valence-electron chi connectivity index (χ1n) is 5.44. The second-order valence-corrected chi connectivity index (χ2v) is 7.75. The average Bonchev–Trinajstić information content (AvgIpc) is 2.41. The maximum Gasteiger partial charge on any atom is 0.213 e. The molecule has 0 radical (unpaired) electrons. The van der Waals surface area contributed by atoms with Crippen molar-refractivity contribution in [2.45, 2.75) is 10.8 Å². The highest BCUT2D eigenvalue weighted by Crippen LogP contribution is 2.33. The molecule has 2 aliphatic carbocycles. The molecular formula is C12H6Cl4O4S. The molecule has 112 valence electrons. The highest BCUT2D eigenvalue weighted by atomic mass is 35.5. The molecule has 2 aliphatic rings. The first-order valence-corrected chi connectivity index (χ1v) is 8.55. The van der Waals surface area contributed by atoms with Gasteiger partial charge in [0.05, 0.1) is 0 Å². The first-order chi connectivity index (χ1) is 9.67. The second-order valence-electron chi connectivity index (χ2n) is 4.12. The zero-order valence-electron chi connectivity index (χ0n) is 10.0. The van der Waals surface area contributed by atoms with Gasteiger partial charge in [0.25, 0.3) is 0 Å². The highest BCUT2D eigenvalue weighted by molar-refractivity contribution is 8.00. The summed E-state index contributed by atoms with van der Waals surface area (Å²) in [7, 11) is -4.35. The molecule has 0 aromatic carbocycles. The monoisotopic (exact) mass is 386 g/mol. The molecule has 4 nitrogen and oxygen atoms in total. The van der Waals surface area contributed by atoms with Gasteiger partial charge in [0.2, 0.25) is 9.84 Å². The number of sulfone groups is 1. The van der Waals surface area contributed by atoms with Crippen molar-refractivity contribution in [2.75, 3.05) is 0 Å². The maximum atomic E-state index is 12.4. The number of carbonyl (C=O) groups excluding carboxylic acids is 2. The van der Waals surface area contributed by atoms with Crippen LogP contribution in [0.1, 0.15) is 0 Å². The zero-order valence-corrected chi connectivity index (χ0v) is 13.9. The summed E-state index contributed by atoms with van der Waals surface area (Å²) in [4.78, 5) is 22.7. The quantitative estimate of drug-likeness (QED) is 0.683. The molecule has 9 heteroatoms. The summed E-state index contributed by atoms with van der Waals surface area (Å²) in [5.74, 6) is -1.80. The zero-order chi connectivity index (χ0) is 15.9. The molecule has 0 fully saturated rings. The molecule has 0 heterocycles. The van der Waals surface area contributed by atoms with E-state index in [-0.39, 0.29) is 10.1 Å². The summed E-state index contributed by atoms with van der Waals surface area (Å²) in [6.45, 7) is 0. The lowest BCUT2D eigenvalue weighted by Gasteiger charge is -2.19. The smallest absolute Gasteiger partial charge is 0.213 e. The van der Waals surface area contributed by atoms with E-state index in [9.17, 15) is 18.0 Å². The lowest BCUT2D eigenvalue weighted by molar-refractivity contribution is -0.114. The number of carbonyl (C=O) groups is 2. The van der Waals surface area contributed by atoms with E-state index in [0.717, 1.165) is 12.2 Å². The molecule has 0 aromatic heterocycles. The van der Waals surface area contributed by atoms with Crippen LogP contribution in [0.5, 0.6) is 0 Å². The van der Waals surface area contributed by atoms with Crippen molar-refractivity contribution in [3.05, 3.63) is 44.2 Å². The Kier molecular flexibility index (Phi) is 4.71. The van der Waals surface area contributed by atoms with Crippen molar-refractivity contribution in [3.8, 4) is 0 Å². The Bertz CT molecular complexity index is 700. The number of hydrogen-bond donors (Lipinski definition) is 0. The van der Waals surface area contributed by atoms with Gasteiger partial charge in [-0.1, -0.05) is 23.2 Å². The summed E-state index contributed by atoms with van der Waals surface area (Å²) >= 11 is 22.8. The molecule has 2 unspecified atom stereocenters. The fourth-order valence-corrected chi connectivity index (χ4v) is 4.04. The van der Waals surface area contributed by atoms with Gasteiger partial charge in [-0.15, -0.1) is 23.2 Å². The number of allylic oxidation sites excluding steroid dienone is 8. The third-order valence-corrected chi connectivity index (χ3v) is 6.41. The van der Waals surface area contributed by atoms with Crippen LogP contribution in [0.25, 0.3) is 0 Å². The summed E-state index contributed by atoms with van der Waals surface area (Å²) < 4.78 is 24.9. The molecule has 21 heavy (non-hydrogen) atoms. The first kappa shape index (κ1) is 16.8. The Morgan fingerprint density at radius 3 is 1.43 bits per heavy atom. The molecule has 0 aliphatic heterocycles. The van der Waals surface area contributed by atoms with Gasteiger partial charge >= 0.3 is 0 Å². The van der Waals surface area contributed by atoms with Crippen molar-refractivity contribution in [2.24, 2.45) is 0 Å². The summed E-state index contributed by atoms with van der Waals surface area (Å²) in [6, 6.07) is 0. The van der Waals surface area contributed by atoms with E-state index in [2.05, 4.69) is 0 Å². The molecule has 0 aromatic rings. The van der Waals surface area contributed by atoms with Gasteiger partial charge in [0.15, 0.2) is 11.6 Å². The van der Waals surface area contributed by atoms with E-state index >= 15 is 0 Å². The normalized spacial score (nSPS) is 26.9. The van der Waals surface area contributed by atoms with E-state index in [1.165, 1.54) is 12.2 Å². The van der Waals surface area contributed by atoms with Crippen LogP contribution in [0, 0.1) is 0 Å². The van der Waals surface area contributed by atoms with Gasteiger partial charge in [0, 0.05) is 10.1 Å². The topological polar surface area (TPSA) is 68.3 Å². The summed E-state index contributed by atoms with van der Waals surface area (Å²) in [5, 5.41) is -2.59. The lowest BCUT2D eigenvalue weighted by atomic mass is 10.1. The molecular weight excluding hydrogens is 382 g/mol. The van der Waals surface area contributed by atoms with Crippen molar-refractivity contribution >= 4 is 67.8 Å². The predicted octanol–water partition coefficient (Wildman–Crippen LogP) is 2.79. The standard InChI is InChI=1S/C12H6Cl4O4S/c13-5-1-3-7(11(17)9(5)15)21(19,20)8-4-2-6(14)10(16)12(8)18/h1-4,9-10H. The minimum atomic E-state index is -4.35. The molecule has 0 spiro atoms. The van der Waals surface area contributed by atoms with E-state index in [1.54, 1.807) is 0 Å². The van der Waals surface area contributed by atoms with Gasteiger partial charge in [-0.05, 0) is 24.3 Å². The SMILES string of the molecule is O=C1C(S(=O)(=O)C2=CC=C(Cl)C(Cl)C2=O)=CC=C(Cl)C1Cl. The average molecular weight is 388 g/mol. The predicted molar refractivity (Wildman–Crippen MR) is 82.3 cm³/mol. The number of Topliss-reactive ketones (excluding diaryl/α,β-unsaturated/α-hetero) is 2. The molecule has 0 amide bonds. The Hall–Kier alpha value is -0.590. The Balaban J connectivity index is 2.55. The Labute approximate surface area is 140 Å². The minimum Gasteiger partial charge on any atom is -0.291 e. The van der Waals surface area contributed by atoms with Crippen molar-refractivity contribution < 1.29 is 18.0 Å². The fraction of sp³-hybridized carbons (Fsp3) is 0.167. The van der Waals surface area contributed by atoms with Crippen molar-refractivity contribution in [1.82, 2.24) is 0 Å². The van der Waals surface area contributed by atoms with Crippen LogP contribution >= 0.6 is 46.4 Å². The van der Waals surface area contributed by atoms with Crippen LogP contribution < -0.4 is 0 Å². The molecule has 0 saturated carbocycles. The number of rotatable bonds is 2. The van der Waals surface area contributed by atoms with Gasteiger partial charge in [-0.3, -0.25) is 9.59 Å². The van der Waals surface area contributed by atoms with Gasteiger partial charge in [0.1, 0.15) is 20.6 Å². The number of ketones is 2. The van der Waals surface area contributed by atoms with Crippen molar-refractivity contribution in [3.63, 3.8) is 0 Å². The van der Waals surface area contributed by atoms with Crippen LogP contribution in [-0.2, 0) is 19.4 Å². The third kappa shape index (κ3) is 2.85. The summed E-state index contributed by atoms with van der Waals surface area (Å²) in [5.41, 5.74) is 0. The second kappa shape index (κ2) is 5.89. The number of hydrogen-bond acceptors (Lipinski definition) is 4. The number of alkyl halides is 2. The molecule has 0 bridgehead atoms. The van der Waals surface area contributed by atoms with E-state index in [4.69, 9.17) is 46.4 Å². The molecule has 0 N–H and O–H groups in total. The van der Waals surface area contributed by atoms with E-state index in [1.807, 2.05) is 0 Å².